The van der Waals surface area contributed by atoms with E-state index >= 15 is 0 Å². The van der Waals surface area contributed by atoms with E-state index in [-0.39, 0.29) is 16.7 Å². The van der Waals surface area contributed by atoms with Crippen LogP contribution in [-0.4, -0.2) is 43.5 Å². The fourth-order valence-corrected chi connectivity index (χ4v) is 0.274. The molecule has 0 aliphatic rings. The van der Waals surface area contributed by atoms with Gasteiger partial charge in [-0.2, -0.15) is 0 Å². The summed E-state index contributed by atoms with van der Waals surface area (Å²) < 4.78 is 7.98. The van der Waals surface area contributed by atoms with Crippen LogP contribution in [-0.2, 0) is 14.4 Å². The summed E-state index contributed by atoms with van der Waals surface area (Å²) in [6.07, 6.45) is 1.06. The minimum Gasteiger partial charge on any atom is -0.478 e. The van der Waals surface area contributed by atoms with Gasteiger partial charge < -0.3 is 19.9 Å². The van der Waals surface area contributed by atoms with Gasteiger partial charge in [-0.1, -0.05) is 26.7 Å². The molecule has 8 heteroatoms. The van der Waals surface area contributed by atoms with Gasteiger partial charge in [-0.05, 0) is 39.2 Å². The van der Waals surface area contributed by atoms with E-state index in [1.165, 1.54) is 20.8 Å². The molecule has 0 rings (SSSR count). The van der Waals surface area contributed by atoms with Crippen LogP contribution in [0.4, 0.5) is 0 Å². The molecule has 0 saturated heterocycles. The SMILES string of the molecule is C=C(C)C(=O)O.C=C(C)C(=O)O.C=C(C)C(=O)O.CCCSO. The van der Waals surface area contributed by atoms with E-state index < -0.39 is 17.9 Å². The van der Waals surface area contributed by atoms with E-state index in [0.29, 0.717) is 0 Å². The first-order chi connectivity index (χ1) is 10.3. The van der Waals surface area contributed by atoms with Crippen molar-refractivity contribution in [2.45, 2.75) is 34.1 Å². The standard InChI is InChI=1S/3C4H6O2.C3H8OS/c3*1-3(2)4(5)6;1-2-3-5-4/h3*1H2,2H3,(H,5,6);4H,2-3H2,1H3. The molecule has 23 heavy (non-hydrogen) atoms. The van der Waals surface area contributed by atoms with Gasteiger partial charge in [0.2, 0.25) is 0 Å². The van der Waals surface area contributed by atoms with Crippen LogP contribution >= 0.6 is 12.0 Å². The zero-order chi connectivity index (χ0) is 19.6. The second-order valence-corrected chi connectivity index (χ2v) is 4.76. The third kappa shape index (κ3) is 45.0. The summed E-state index contributed by atoms with van der Waals surface area (Å²) in [7, 11) is 0. The Kier molecular flexibility index (Phi) is 25.2. The Hall–Kier alpha value is -2.06. The van der Waals surface area contributed by atoms with Crippen LogP contribution in [0.5, 0.6) is 0 Å². The summed E-state index contributed by atoms with van der Waals surface area (Å²) in [6.45, 7) is 15.8. The van der Waals surface area contributed by atoms with Gasteiger partial charge in [0, 0.05) is 22.5 Å². The highest BCUT2D eigenvalue weighted by molar-refractivity contribution is 7.93. The molecule has 7 nitrogen and oxygen atoms in total. The summed E-state index contributed by atoms with van der Waals surface area (Å²) >= 11 is 0.902. The quantitative estimate of drug-likeness (QED) is 0.437. The molecule has 0 unspecified atom stereocenters. The molecule has 0 bridgehead atoms. The van der Waals surface area contributed by atoms with Crippen molar-refractivity contribution in [1.82, 2.24) is 0 Å². The zero-order valence-corrected chi connectivity index (χ0v) is 14.8. The van der Waals surface area contributed by atoms with Crippen molar-refractivity contribution >= 4 is 30.0 Å². The molecule has 0 aromatic rings. The van der Waals surface area contributed by atoms with Gasteiger partial charge in [0.1, 0.15) is 0 Å². The lowest BCUT2D eigenvalue weighted by Gasteiger charge is -1.79. The number of hydrogen-bond acceptors (Lipinski definition) is 5. The molecule has 0 atom stereocenters. The van der Waals surface area contributed by atoms with Crippen LogP contribution in [0.1, 0.15) is 34.1 Å². The van der Waals surface area contributed by atoms with E-state index in [9.17, 15) is 14.4 Å². The fraction of sp³-hybridized carbons (Fsp3) is 0.400. The Morgan fingerprint density at radius 1 is 0.783 bits per heavy atom. The van der Waals surface area contributed by atoms with Gasteiger partial charge in [-0.15, -0.1) is 0 Å². The molecule has 0 amide bonds. The van der Waals surface area contributed by atoms with Gasteiger partial charge in [0.25, 0.3) is 0 Å². The first-order valence-electron chi connectivity index (χ1n) is 6.27. The number of carboxylic acids is 3. The Balaban J connectivity index is -0.000000105. The Morgan fingerprint density at radius 2 is 0.957 bits per heavy atom. The van der Waals surface area contributed by atoms with Crippen LogP contribution in [0, 0.1) is 0 Å². The average Bonchev–Trinajstić information content (AvgIpc) is 2.41. The maximum absolute atomic E-state index is 9.60. The number of aliphatic carboxylic acids is 3. The molecule has 134 valence electrons. The molecule has 0 fully saturated rings. The molecule has 0 aromatic carbocycles. The minimum absolute atomic E-state index is 0.176. The molecule has 0 heterocycles. The van der Waals surface area contributed by atoms with Crippen LogP contribution in [0.15, 0.2) is 36.5 Å². The first-order valence-corrected chi connectivity index (χ1v) is 7.21. The van der Waals surface area contributed by atoms with Gasteiger partial charge in [-0.3, -0.25) is 0 Å². The highest BCUT2D eigenvalue weighted by Crippen LogP contribution is 1.90. The van der Waals surface area contributed by atoms with Gasteiger partial charge in [-0.25, -0.2) is 14.4 Å². The second-order valence-electron chi connectivity index (χ2n) is 4.09. The second kappa shape index (κ2) is 19.9. The van der Waals surface area contributed by atoms with E-state index in [1.807, 2.05) is 6.92 Å². The summed E-state index contributed by atoms with van der Waals surface area (Å²) in [5, 5.41) is 23.7. The van der Waals surface area contributed by atoms with Crippen LogP contribution in [0.25, 0.3) is 0 Å². The molecular weight excluding hydrogens is 324 g/mol. The zero-order valence-electron chi connectivity index (χ0n) is 14.0. The van der Waals surface area contributed by atoms with E-state index in [1.54, 1.807) is 0 Å². The molecule has 0 spiro atoms. The third-order valence-corrected chi connectivity index (χ3v) is 1.98. The van der Waals surface area contributed by atoms with Crippen LogP contribution in [0.3, 0.4) is 0 Å². The number of rotatable bonds is 5. The lowest BCUT2D eigenvalue weighted by Crippen LogP contribution is -1.92. The predicted molar refractivity (Wildman–Crippen MR) is 92.7 cm³/mol. The maximum Gasteiger partial charge on any atom is 0.330 e. The molecule has 4 N–H and O–H groups in total. The van der Waals surface area contributed by atoms with Crippen molar-refractivity contribution in [3.05, 3.63) is 36.5 Å². The molecule has 0 radical (unpaired) electrons. The first kappa shape index (κ1) is 29.0. The molecule has 0 aliphatic carbocycles. The number of hydrogen-bond donors (Lipinski definition) is 4. The summed E-state index contributed by atoms with van der Waals surface area (Å²) in [4.78, 5) is 28.8. The summed E-state index contributed by atoms with van der Waals surface area (Å²) in [6, 6.07) is 0. The van der Waals surface area contributed by atoms with Crippen molar-refractivity contribution in [3.63, 3.8) is 0 Å². The predicted octanol–water partition coefficient (Wildman–Crippen LogP) is 3.54. The van der Waals surface area contributed by atoms with Crippen molar-refractivity contribution in [1.29, 1.82) is 0 Å². The number of carbonyl (C=O) groups is 3. The van der Waals surface area contributed by atoms with Gasteiger partial charge in [0.15, 0.2) is 0 Å². The van der Waals surface area contributed by atoms with Crippen molar-refractivity contribution in [2.24, 2.45) is 0 Å². The maximum atomic E-state index is 9.60. The Bertz CT molecular complexity index is 319. The fourth-order valence-electron chi connectivity index (χ4n) is 0.0913. The smallest absolute Gasteiger partial charge is 0.330 e. The van der Waals surface area contributed by atoms with Crippen molar-refractivity contribution < 1.29 is 34.3 Å². The molecule has 0 aliphatic heterocycles. The summed E-state index contributed by atoms with van der Waals surface area (Å²) in [5.74, 6) is -1.94. The molecule has 0 aromatic heterocycles. The number of carboxylic acid groups (broad SMARTS) is 3. The molecular formula is C15H26O7S. The van der Waals surface area contributed by atoms with Gasteiger partial charge in [0.05, 0.1) is 0 Å². The monoisotopic (exact) mass is 350 g/mol. The van der Waals surface area contributed by atoms with Crippen molar-refractivity contribution in [3.8, 4) is 0 Å². The largest absolute Gasteiger partial charge is 0.478 e. The molecule has 0 saturated carbocycles. The van der Waals surface area contributed by atoms with Gasteiger partial charge >= 0.3 is 17.9 Å². The Labute approximate surface area is 141 Å². The average molecular weight is 350 g/mol. The van der Waals surface area contributed by atoms with E-state index in [4.69, 9.17) is 19.9 Å². The topological polar surface area (TPSA) is 132 Å². The highest BCUT2D eigenvalue weighted by atomic mass is 32.2. The Morgan fingerprint density at radius 3 is 0.957 bits per heavy atom. The highest BCUT2D eigenvalue weighted by Gasteiger charge is 1.91. The van der Waals surface area contributed by atoms with Crippen molar-refractivity contribution in [2.75, 3.05) is 5.75 Å². The van der Waals surface area contributed by atoms with E-state index in [2.05, 4.69) is 19.7 Å². The minimum atomic E-state index is -0.935. The lowest BCUT2D eigenvalue weighted by atomic mass is 10.4. The third-order valence-electron chi connectivity index (χ3n) is 1.39. The van der Waals surface area contributed by atoms with E-state index in [0.717, 1.165) is 24.2 Å². The van der Waals surface area contributed by atoms with Crippen LogP contribution in [0.2, 0.25) is 0 Å². The lowest BCUT2D eigenvalue weighted by molar-refractivity contribution is -0.133. The summed E-state index contributed by atoms with van der Waals surface area (Å²) in [5.41, 5.74) is 0.528. The normalized spacial score (nSPS) is 7.70. The van der Waals surface area contributed by atoms with Crippen LogP contribution < -0.4 is 0 Å².